The summed E-state index contributed by atoms with van der Waals surface area (Å²) in [4.78, 5) is 46.7. The van der Waals surface area contributed by atoms with Gasteiger partial charge in [-0.1, -0.05) is 12.1 Å². The molecule has 2 heterocycles. The molecule has 0 atom stereocenters. The molecule has 0 saturated carbocycles. The first-order valence-corrected chi connectivity index (χ1v) is 7.06. The molecule has 0 saturated heterocycles. The minimum Gasteiger partial charge on any atom is -0.450 e. The molecule has 1 N–H and O–H groups in total. The number of nitrogens with one attached hydrogen (secondary N) is 1. The van der Waals surface area contributed by atoms with Crippen LogP contribution in [0.5, 0.6) is 0 Å². The number of furan rings is 1. The zero-order valence-electron chi connectivity index (χ0n) is 12.6. The first-order valence-electron chi connectivity index (χ1n) is 7.06. The molecule has 2 amide bonds. The van der Waals surface area contributed by atoms with Crippen molar-refractivity contribution < 1.29 is 28.5 Å². The van der Waals surface area contributed by atoms with Crippen molar-refractivity contribution in [2.75, 3.05) is 23.4 Å². The SMILES string of the molecule is O=C1CN(C(=O)COC(=O)c2ccc([N+](=O)[O-])o2)c2ccccc2N1. The number of anilines is 2. The molecule has 0 spiro atoms. The number of benzene rings is 1. The van der Waals surface area contributed by atoms with E-state index in [9.17, 15) is 24.5 Å². The maximum Gasteiger partial charge on any atom is 0.433 e. The maximum absolute atomic E-state index is 12.3. The minimum absolute atomic E-state index is 0.209. The van der Waals surface area contributed by atoms with Gasteiger partial charge in [-0.25, -0.2) is 4.79 Å². The van der Waals surface area contributed by atoms with Gasteiger partial charge in [0.1, 0.15) is 11.5 Å². The Hall–Kier alpha value is -3.69. The molecule has 10 heteroatoms. The molecule has 128 valence electrons. The minimum atomic E-state index is -1.02. The first-order chi connectivity index (χ1) is 12.0. The second-order valence-electron chi connectivity index (χ2n) is 5.02. The van der Waals surface area contributed by atoms with Crippen molar-refractivity contribution in [3.05, 3.63) is 52.3 Å². The number of ether oxygens (including phenoxy) is 1. The summed E-state index contributed by atoms with van der Waals surface area (Å²) in [5.74, 6) is -3.01. The van der Waals surface area contributed by atoms with Crippen molar-refractivity contribution in [1.29, 1.82) is 0 Å². The van der Waals surface area contributed by atoms with Crippen LogP contribution in [0, 0.1) is 10.1 Å². The van der Waals surface area contributed by atoms with E-state index >= 15 is 0 Å². The van der Waals surface area contributed by atoms with Gasteiger partial charge in [0.25, 0.3) is 5.91 Å². The largest absolute Gasteiger partial charge is 0.450 e. The standard InChI is InChI=1S/C15H11N3O7/c19-12-7-17(10-4-2-1-3-9(10)16-12)13(20)8-24-15(21)11-5-6-14(25-11)18(22)23/h1-6H,7-8H2,(H,16,19). The monoisotopic (exact) mass is 345 g/mol. The highest BCUT2D eigenvalue weighted by atomic mass is 16.7. The van der Waals surface area contributed by atoms with Gasteiger partial charge in [0, 0.05) is 0 Å². The highest BCUT2D eigenvalue weighted by Gasteiger charge is 2.28. The van der Waals surface area contributed by atoms with Gasteiger partial charge < -0.3 is 14.5 Å². The van der Waals surface area contributed by atoms with Crippen LogP contribution in [0.4, 0.5) is 17.3 Å². The average Bonchev–Trinajstić information content (AvgIpc) is 3.09. The van der Waals surface area contributed by atoms with Crippen LogP contribution in [-0.4, -0.2) is 35.9 Å². The van der Waals surface area contributed by atoms with Crippen molar-refractivity contribution in [2.24, 2.45) is 0 Å². The van der Waals surface area contributed by atoms with Gasteiger partial charge in [-0.2, -0.15) is 0 Å². The molecule has 1 aromatic heterocycles. The normalized spacial score (nSPS) is 13.0. The molecular weight excluding hydrogens is 334 g/mol. The van der Waals surface area contributed by atoms with Crippen LogP contribution in [-0.2, 0) is 14.3 Å². The Balaban J connectivity index is 1.67. The third kappa shape index (κ3) is 3.32. The van der Waals surface area contributed by atoms with Gasteiger partial charge in [0.15, 0.2) is 6.61 Å². The fourth-order valence-electron chi connectivity index (χ4n) is 2.27. The molecule has 10 nitrogen and oxygen atoms in total. The molecule has 25 heavy (non-hydrogen) atoms. The van der Waals surface area contributed by atoms with E-state index in [4.69, 9.17) is 9.15 Å². The molecule has 3 rings (SSSR count). The number of carbonyl (C=O) groups excluding carboxylic acids is 3. The number of rotatable bonds is 4. The second kappa shape index (κ2) is 6.43. The van der Waals surface area contributed by atoms with Crippen LogP contribution in [0.25, 0.3) is 0 Å². The van der Waals surface area contributed by atoms with Crippen molar-refractivity contribution in [2.45, 2.75) is 0 Å². The van der Waals surface area contributed by atoms with E-state index in [1.807, 2.05) is 0 Å². The van der Waals surface area contributed by atoms with Crippen molar-refractivity contribution in [3.8, 4) is 0 Å². The predicted octanol–water partition coefficient (Wildman–Crippen LogP) is 1.33. The Kier molecular flexibility index (Phi) is 4.16. The number of fused-ring (bicyclic) bond motifs is 1. The Morgan fingerprint density at radius 1 is 1.28 bits per heavy atom. The number of carbonyl (C=O) groups is 3. The fourth-order valence-corrected chi connectivity index (χ4v) is 2.27. The van der Waals surface area contributed by atoms with E-state index in [-0.39, 0.29) is 12.5 Å². The van der Waals surface area contributed by atoms with E-state index in [0.29, 0.717) is 11.4 Å². The smallest absolute Gasteiger partial charge is 0.433 e. The number of hydrogen-bond donors (Lipinski definition) is 1. The van der Waals surface area contributed by atoms with Gasteiger partial charge in [-0.15, -0.1) is 0 Å². The summed E-state index contributed by atoms with van der Waals surface area (Å²) in [6.45, 7) is -0.853. The number of amides is 2. The number of nitro groups is 1. The number of para-hydroxylation sites is 2. The average molecular weight is 345 g/mol. The molecule has 1 aliphatic rings. The summed E-state index contributed by atoms with van der Waals surface area (Å²) in [6.07, 6.45) is 0. The van der Waals surface area contributed by atoms with Crippen LogP contribution in [0.2, 0.25) is 0 Å². The van der Waals surface area contributed by atoms with Crippen LogP contribution in [0.3, 0.4) is 0 Å². The van der Waals surface area contributed by atoms with Crippen LogP contribution < -0.4 is 10.2 Å². The highest BCUT2D eigenvalue weighted by Crippen LogP contribution is 2.28. The lowest BCUT2D eigenvalue weighted by atomic mass is 10.2. The van der Waals surface area contributed by atoms with E-state index < -0.39 is 35.1 Å². The van der Waals surface area contributed by atoms with Crippen LogP contribution in [0.1, 0.15) is 10.6 Å². The van der Waals surface area contributed by atoms with Crippen molar-refractivity contribution in [3.63, 3.8) is 0 Å². The van der Waals surface area contributed by atoms with E-state index in [1.54, 1.807) is 24.3 Å². The Labute approximate surface area is 140 Å². The molecule has 0 aliphatic carbocycles. The predicted molar refractivity (Wildman–Crippen MR) is 83.1 cm³/mol. The molecule has 2 aromatic rings. The summed E-state index contributed by atoms with van der Waals surface area (Å²) in [5.41, 5.74) is 0.955. The number of esters is 1. The lowest BCUT2D eigenvalue weighted by molar-refractivity contribution is -0.402. The lowest BCUT2D eigenvalue weighted by Crippen LogP contribution is -2.44. The first kappa shape index (κ1) is 16.2. The fraction of sp³-hybridized carbons (Fsp3) is 0.133. The zero-order chi connectivity index (χ0) is 18.0. The topological polar surface area (TPSA) is 132 Å². The van der Waals surface area contributed by atoms with Gasteiger partial charge >= 0.3 is 11.9 Å². The second-order valence-corrected chi connectivity index (χ2v) is 5.02. The van der Waals surface area contributed by atoms with Crippen molar-refractivity contribution in [1.82, 2.24) is 0 Å². The molecule has 0 bridgehead atoms. The third-order valence-electron chi connectivity index (χ3n) is 3.37. The summed E-state index contributed by atoms with van der Waals surface area (Å²) >= 11 is 0. The molecule has 1 aromatic carbocycles. The van der Waals surface area contributed by atoms with E-state index in [0.717, 1.165) is 12.1 Å². The van der Waals surface area contributed by atoms with Gasteiger partial charge in [0.05, 0.1) is 17.4 Å². The summed E-state index contributed by atoms with van der Waals surface area (Å²) in [7, 11) is 0. The third-order valence-corrected chi connectivity index (χ3v) is 3.37. The van der Waals surface area contributed by atoms with E-state index in [2.05, 4.69) is 5.32 Å². The van der Waals surface area contributed by atoms with Gasteiger partial charge in [-0.05, 0) is 18.2 Å². The van der Waals surface area contributed by atoms with Crippen molar-refractivity contribution >= 4 is 35.0 Å². The molecule has 1 aliphatic heterocycles. The Morgan fingerprint density at radius 2 is 2.04 bits per heavy atom. The molecular formula is C15H11N3O7. The Bertz CT molecular complexity index is 874. The van der Waals surface area contributed by atoms with E-state index in [1.165, 1.54) is 4.90 Å². The number of nitrogens with zero attached hydrogens (tertiary/aromatic N) is 2. The maximum atomic E-state index is 12.3. The Morgan fingerprint density at radius 3 is 2.76 bits per heavy atom. The van der Waals surface area contributed by atoms with Gasteiger partial charge in [0.2, 0.25) is 11.7 Å². The highest BCUT2D eigenvalue weighted by molar-refractivity contribution is 6.10. The summed E-state index contributed by atoms with van der Waals surface area (Å²) < 4.78 is 9.50. The summed E-state index contributed by atoms with van der Waals surface area (Å²) in [5, 5.41) is 13.1. The van der Waals surface area contributed by atoms with Crippen LogP contribution in [0.15, 0.2) is 40.8 Å². The molecule has 0 radical (unpaired) electrons. The summed E-state index contributed by atoms with van der Waals surface area (Å²) in [6, 6.07) is 8.77. The number of hydrogen-bond acceptors (Lipinski definition) is 7. The quantitative estimate of drug-likeness (QED) is 0.502. The zero-order valence-corrected chi connectivity index (χ0v) is 12.6. The molecule has 0 unspecified atom stereocenters. The molecule has 0 fully saturated rings. The lowest BCUT2D eigenvalue weighted by Gasteiger charge is -2.28. The van der Waals surface area contributed by atoms with Gasteiger partial charge in [-0.3, -0.25) is 24.6 Å². The van der Waals surface area contributed by atoms with Crippen LogP contribution >= 0.6 is 0 Å².